The van der Waals surface area contributed by atoms with Crippen molar-refractivity contribution >= 4 is 27.1 Å². The van der Waals surface area contributed by atoms with Crippen LogP contribution in [0.15, 0.2) is 24.3 Å². The number of benzene rings is 1. The van der Waals surface area contributed by atoms with Crippen molar-refractivity contribution in [3.05, 3.63) is 24.3 Å². The number of carbonyl (C=O) groups excluding carboxylic acids is 1. The lowest BCUT2D eigenvalue weighted by molar-refractivity contribution is -0.115. The van der Waals surface area contributed by atoms with Crippen LogP contribution in [0.2, 0.25) is 0 Å². The highest BCUT2D eigenvalue weighted by atomic mass is 32.2. The molecule has 1 aliphatic carbocycles. The molecule has 3 rings (SSSR count). The largest absolute Gasteiger partial charge is 0.378 e. The Morgan fingerprint density at radius 1 is 1.12 bits per heavy atom. The van der Waals surface area contributed by atoms with Crippen molar-refractivity contribution in [3.63, 3.8) is 0 Å². The molecule has 1 N–H and O–H groups in total. The highest BCUT2D eigenvalue weighted by Gasteiger charge is 2.28. The Morgan fingerprint density at radius 2 is 1.76 bits per heavy atom. The number of nitrogens with zero attached hydrogens (tertiary/aromatic N) is 1. The maximum absolute atomic E-state index is 12.2. The topological polar surface area (TPSA) is 75.7 Å². The van der Waals surface area contributed by atoms with Gasteiger partial charge in [0.2, 0.25) is 5.91 Å². The van der Waals surface area contributed by atoms with Gasteiger partial charge in [0.1, 0.15) is 0 Å². The number of rotatable bonds is 6. The van der Waals surface area contributed by atoms with Crippen LogP contribution in [0.25, 0.3) is 0 Å². The fraction of sp³-hybridized carbons (Fsp3) is 0.611. The van der Waals surface area contributed by atoms with E-state index >= 15 is 0 Å². The maximum Gasteiger partial charge on any atom is 0.225 e. The van der Waals surface area contributed by atoms with Crippen molar-refractivity contribution in [2.75, 3.05) is 42.3 Å². The van der Waals surface area contributed by atoms with Gasteiger partial charge < -0.3 is 15.0 Å². The highest BCUT2D eigenvalue weighted by Crippen LogP contribution is 2.25. The molecule has 0 unspecified atom stereocenters. The summed E-state index contributed by atoms with van der Waals surface area (Å²) in [5.41, 5.74) is 1.80. The zero-order valence-electron chi connectivity index (χ0n) is 14.4. The minimum Gasteiger partial charge on any atom is -0.378 e. The quantitative estimate of drug-likeness (QED) is 0.835. The molecule has 1 saturated carbocycles. The Kier molecular flexibility index (Phi) is 5.96. The van der Waals surface area contributed by atoms with Crippen LogP contribution in [0.1, 0.15) is 32.1 Å². The maximum atomic E-state index is 12.2. The van der Waals surface area contributed by atoms with E-state index in [1.807, 2.05) is 24.3 Å². The lowest BCUT2D eigenvalue weighted by Crippen LogP contribution is -2.36. The van der Waals surface area contributed by atoms with E-state index in [1.54, 1.807) is 0 Å². The number of morpholine rings is 1. The van der Waals surface area contributed by atoms with Crippen LogP contribution in [0, 0.1) is 0 Å². The first-order chi connectivity index (χ1) is 12.0. The van der Waals surface area contributed by atoms with E-state index in [1.165, 1.54) is 0 Å². The summed E-state index contributed by atoms with van der Waals surface area (Å²) < 4.78 is 29.8. The molecule has 0 bridgehead atoms. The molecule has 0 radical (unpaired) electrons. The van der Waals surface area contributed by atoms with Gasteiger partial charge in [-0.2, -0.15) is 0 Å². The highest BCUT2D eigenvalue weighted by molar-refractivity contribution is 7.92. The summed E-state index contributed by atoms with van der Waals surface area (Å²) in [6.45, 7) is 3.19. The molecular weight excluding hydrogens is 340 g/mol. The zero-order valence-corrected chi connectivity index (χ0v) is 15.3. The number of nitrogens with one attached hydrogen (secondary N) is 1. The van der Waals surface area contributed by atoms with Gasteiger partial charge in [0.05, 0.1) is 24.2 Å². The Bertz CT molecular complexity index is 676. The normalized spacial score (nSPS) is 19.1. The third-order valence-corrected chi connectivity index (χ3v) is 7.21. The van der Waals surface area contributed by atoms with E-state index in [9.17, 15) is 13.2 Å². The van der Waals surface area contributed by atoms with Gasteiger partial charge in [0.25, 0.3) is 0 Å². The van der Waals surface area contributed by atoms with E-state index in [4.69, 9.17) is 4.74 Å². The van der Waals surface area contributed by atoms with Crippen LogP contribution in [0.3, 0.4) is 0 Å². The van der Waals surface area contributed by atoms with Gasteiger partial charge in [0, 0.05) is 30.9 Å². The van der Waals surface area contributed by atoms with Gasteiger partial charge >= 0.3 is 0 Å². The number of carbonyl (C=O) groups is 1. The molecule has 2 aliphatic rings. The number of ether oxygens (including phenoxy) is 1. The Balaban J connectivity index is 1.49. The molecule has 138 valence electrons. The van der Waals surface area contributed by atoms with E-state index in [0.29, 0.717) is 5.69 Å². The number of amides is 1. The predicted octanol–water partition coefficient (Wildman–Crippen LogP) is 2.21. The van der Waals surface area contributed by atoms with Crippen molar-refractivity contribution in [2.24, 2.45) is 0 Å². The van der Waals surface area contributed by atoms with Crippen molar-refractivity contribution in [1.82, 2.24) is 0 Å². The van der Waals surface area contributed by atoms with Gasteiger partial charge in [-0.3, -0.25) is 4.79 Å². The Labute approximate surface area is 149 Å². The SMILES string of the molecule is O=C(CCS(=O)(=O)C1CCCC1)Nc1ccc(N2CCOCC2)cc1. The second kappa shape index (κ2) is 8.19. The summed E-state index contributed by atoms with van der Waals surface area (Å²) >= 11 is 0. The van der Waals surface area contributed by atoms with Crippen LogP contribution in [0.5, 0.6) is 0 Å². The summed E-state index contributed by atoms with van der Waals surface area (Å²) in [4.78, 5) is 14.3. The zero-order chi connectivity index (χ0) is 17.7. The number of hydrogen-bond donors (Lipinski definition) is 1. The molecule has 1 aliphatic heterocycles. The molecule has 1 heterocycles. The second-order valence-corrected chi connectivity index (χ2v) is 9.12. The lowest BCUT2D eigenvalue weighted by atomic mass is 10.2. The van der Waals surface area contributed by atoms with Crippen LogP contribution in [0.4, 0.5) is 11.4 Å². The predicted molar refractivity (Wildman–Crippen MR) is 98.8 cm³/mol. The van der Waals surface area contributed by atoms with E-state index in [-0.39, 0.29) is 23.3 Å². The van der Waals surface area contributed by atoms with E-state index < -0.39 is 9.84 Å². The fourth-order valence-corrected chi connectivity index (χ4v) is 5.30. The third-order valence-electron chi connectivity index (χ3n) is 4.95. The lowest BCUT2D eigenvalue weighted by Gasteiger charge is -2.28. The molecule has 1 aromatic carbocycles. The van der Waals surface area contributed by atoms with Gasteiger partial charge in [-0.05, 0) is 37.1 Å². The van der Waals surface area contributed by atoms with Crippen molar-refractivity contribution in [3.8, 4) is 0 Å². The van der Waals surface area contributed by atoms with Gasteiger partial charge in [0.15, 0.2) is 9.84 Å². The van der Waals surface area contributed by atoms with Crippen LogP contribution < -0.4 is 10.2 Å². The van der Waals surface area contributed by atoms with Crippen molar-refractivity contribution in [1.29, 1.82) is 0 Å². The van der Waals surface area contributed by atoms with Crippen molar-refractivity contribution < 1.29 is 17.9 Å². The summed E-state index contributed by atoms with van der Waals surface area (Å²) in [5.74, 6) is -0.310. The average molecular weight is 366 g/mol. The van der Waals surface area contributed by atoms with Crippen molar-refractivity contribution in [2.45, 2.75) is 37.4 Å². The first kappa shape index (κ1) is 18.2. The molecule has 6 nitrogen and oxygen atoms in total. The van der Waals surface area contributed by atoms with Crippen LogP contribution in [-0.4, -0.2) is 51.6 Å². The Morgan fingerprint density at radius 3 is 2.40 bits per heavy atom. The molecule has 7 heteroatoms. The molecule has 0 spiro atoms. The summed E-state index contributed by atoms with van der Waals surface area (Å²) in [6.07, 6.45) is 3.46. The minimum absolute atomic E-state index is 0.0179. The standard InChI is InChI=1S/C18H26N2O4S/c21-18(9-14-25(22,23)17-3-1-2-4-17)19-15-5-7-16(8-6-15)20-10-12-24-13-11-20/h5-8,17H,1-4,9-14H2,(H,19,21). The molecule has 25 heavy (non-hydrogen) atoms. The molecule has 2 fully saturated rings. The first-order valence-corrected chi connectivity index (χ1v) is 10.7. The van der Waals surface area contributed by atoms with E-state index in [0.717, 1.165) is 57.7 Å². The summed E-state index contributed by atoms with van der Waals surface area (Å²) in [5, 5.41) is 2.55. The molecule has 1 aromatic rings. The molecule has 0 atom stereocenters. The van der Waals surface area contributed by atoms with Gasteiger partial charge in [-0.15, -0.1) is 0 Å². The number of hydrogen-bond acceptors (Lipinski definition) is 5. The molecular formula is C18H26N2O4S. The summed E-state index contributed by atoms with van der Waals surface area (Å²) in [7, 11) is -3.15. The number of anilines is 2. The first-order valence-electron chi connectivity index (χ1n) is 8.99. The molecule has 1 amide bonds. The third kappa shape index (κ3) is 4.95. The molecule has 1 saturated heterocycles. The number of sulfone groups is 1. The van der Waals surface area contributed by atoms with Gasteiger partial charge in [-0.1, -0.05) is 12.8 Å². The molecule has 0 aromatic heterocycles. The smallest absolute Gasteiger partial charge is 0.225 e. The summed E-state index contributed by atoms with van der Waals surface area (Å²) in [6, 6.07) is 7.65. The van der Waals surface area contributed by atoms with Gasteiger partial charge in [-0.25, -0.2) is 8.42 Å². The Hall–Kier alpha value is -1.60. The van der Waals surface area contributed by atoms with Crippen LogP contribution in [-0.2, 0) is 19.4 Å². The minimum atomic E-state index is -3.15. The second-order valence-electron chi connectivity index (χ2n) is 6.72. The van der Waals surface area contributed by atoms with E-state index in [2.05, 4.69) is 10.2 Å². The fourth-order valence-electron chi connectivity index (χ4n) is 3.45. The monoisotopic (exact) mass is 366 g/mol. The average Bonchev–Trinajstić information content (AvgIpc) is 3.17. The van der Waals surface area contributed by atoms with Crippen LogP contribution >= 0.6 is 0 Å².